The number of rotatable bonds is 11. The van der Waals surface area contributed by atoms with E-state index >= 15 is 0 Å². The lowest BCUT2D eigenvalue weighted by atomic mass is 9.81. The highest BCUT2D eigenvalue weighted by Gasteiger charge is 2.24. The summed E-state index contributed by atoms with van der Waals surface area (Å²) in [4.78, 5) is 1.75. The number of allylic oxidation sites excluding steroid dienone is 1. The second kappa shape index (κ2) is 12.1. The second-order valence-corrected chi connectivity index (χ2v) is 9.25. The summed E-state index contributed by atoms with van der Waals surface area (Å²) >= 11 is 0. The molecule has 0 saturated heterocycles. The summed E-state index contributed by atoms with van der Waals surface area (Å²) in [6.07, 6.45) is 13.3. The Morgan fingerprint density at radius 2 is 1.96 bits per heavy atom. The predicted molar refractivity (Wildman–Crippen MR) is 116 cm³/mol. The molecule has 0 aromatic heterocycles. The number of hydrogen-bond donors (Lipinski definition) is 0. The van der Waals surface area contributed by atoms with Crippen molar-refractivity contribution in [1.82, 2.24) is 0 Å². The average molecular weight is 351 g/mol. The number of unbranched alkanes of at least 4 members (excludes halogenated alkanes) is 1. The molecule has 1 aliphatic rings. The third kappa shape index (κ3) is 7.72. The minimum atomic E-state index is 0.751. The van der Waals surface area contributed by atoms with E-state index in [0.29, 0.717) is 0 Å². The Morgan fingerprint density at radius 1 is 1.21 bits per heavy atom. The Labute approximate surface area is 156 Å². The summed E-state index contributed by atoms with van der Waals surface area (Å²) in [5, 5.41) is 2.43. The Hall–Kier alpha value is -0.300. The highest BCUT2D eigenvalue weighted by Crippen LogP contribution is 2.34. The van der Waals surface area contributed by atoms with Crippen molar-refractivity contribution >= 4 is 21.2 Å². The summed E-state index contributed by atoms with van der Waals surface area (Å²) in [5.74, 6) is 3.42. The lowest BCUT2D eigenvalue weighted by Crippen LogP contribution is -2.14. The Balaban J connectivity index is 2.38. The molecule has 2 unspecified atom stereocenters. The maximum Gasteiger partial charge on any atom is -0.0179 e. The molecule has 0 bridgehead atoms. The Bertz CT molecular complexity index is 427. The van der Waals surface area contributed by atoms with Crippen molar-refractivity contribution in [3.05, 3.63) is 12.2 Å². The van der Waals surface area contributed by atoms with Crippen LogP contribution in [0.3, 0.4) is 0 Å². The van der Waals surface area contributed by atoms with Gasteiger partial charge in [0.15, 0.2) is 0 Å². The van der Waals surface area contributed by atoms with Crippen molar-refractivity contribution in [2.24, 2.45) is 23.7 Å². The Kier molecular flexibility index (Phi) is 11.0. The topological polar surface area (TPSA) is 0 Å². The van der Waals surface area contributed by atoms with Crippen LogP contribution < -0.4 is 0 Å². The highest BCUT2D eigenvalue weighted by atomic mass is 32.1. The molecule has 0 spiro atoms. The normalized spacial score (nSPS) is 21.4. The molecule has 1 aliphatic carbocycles. The SMILES string of the molecule is C=C(CC)C(CC)CC[C@@H](C)[C@H](C)CC1CCC(=S=CCCC)C1. The minimum Gasteiger partial charge on any atom is -0.158 e. The summed E-state index contributed by atoms with van der Waals surface area (Å²) < 4.78 is 0. The van der Waals surface area contributed by atoms with Gasteiger partial charge < -0.3 is 0 Å². The van der Waals surface area contributed by atoms with Gasteiger partial charge in [-0.25, -0.2) is 0 Å². The Morgan fingerprint density at radius 3 is 2.58 bits per heavy atom. The van der Waals surface area contributed by atoms with Gasteiger partial charge in [0, 0.05) is 0 Å². The molecule has 0 N–H and O–H groups in total. The van der Waals surface area contributed by atoms with E-state index in [1.165, 1.54) is 63.4 Å². The molecule has 1 saturated carbocycles. The van der Waals surface area contributed by atoms with Gasteiger partial charge in [-0.2, -0.15) is 10.9 Å². The fourth-order valence-corrected chi connectivity index (χ4v) is 5.14. The van der Waals surface area contributed by atoms with Crippen LogP contribution in [0.15, 0.2) is 12.2 Å². The first-order valence-corrected chi connectivity index (χ1v) is 11.4. The summed E-state index contributed by atoms with van der Waals surface area (Å²) in [5.41, 5.74) is 1.47. The third-order valence-corrected chi connectivity index (χ3v) is 7.28. The van der Waals surface area contributed by atoms with E-state index in [2.05, 4.69) is 57.5 Å². The standard InChI is InChI=1S/C23H42S/c1-7-10-15-24-23-14-12-21(17-23)16-20(6)19(5)11-13-22(9-3)18(4)8-2/h15,19-22H,4,7-14,16-17H2,1-3,5-6H3/t19-,20-,21?,22?/m1/s1. The van der Waals surface area contributed by atoms with Gasteiger partial charge in [0.1, 0.15) is 0 Å². The van der Waals surface area contributed by atoms with Crippen molar-refractivity contribution < 1.29 is 0 Å². The predicted octanol–water partition coefficient (Wildman–Crippen LogP) is 7.73. The average Bonchev–Trinajstić information content (AvgIpc) is 3.02. The van der Waals surface area contributed by atoms with Gasteiger partial charge in [0.25, 0.3) is 0 Å². The van der Waals surface area contributed by atoms with Crippen LogP contribution in [-0.4, -0.2) is 10.2 Å². The molecule has 0 nitrogen and oxygen atoms in total. The second-order valence-electron chi connectivity index (χ2n) is 8.11. The third-order valence-electron chi connectivity index (χ3n) is 6.18. The van der Waals surface area contributed by atoms with Crippen molar-refractivity contribution in [3.8, 4) is 0 Å². The lowest BCUT2D eigenvalue weighted by Gasteiger charge is -2.25. The first kappa shape index (κ1) is 21.7. The van der Waals surface area contributed by atoms with Crippen molar-refractivity contribution in [2.75, 3.05) is 0 Å². The first-order valence-electron chi connectivity index (χ1n) is 10.5. The summed E-state index contributed by atoms with van der Waals surface area (Å²) in [6.45, 7) is 16.1. The fraction of sp³-hybridized carbons (Fsp3) is 0.826. The van der Waals surface area contributed by atoms with E-state index in [0.717, 1.165) is 30.1 Å². The van der Waals surface area contributed by atoms with E-state index in [1.807, 2.05) is 0 Å². The van der Waals surface area contributed by atoms with E-state index in [-0.39, 0.29) is 0 Å². The van der Waals surface area contributed by atoms with Gasteiger partial charge in [0.05, 0.1) is 0 Å². The smallest absolute Gasteiger partial charge is 0.0179 e. The first-order chi connectivity index (χ1) is 11.5. The zero-order valence-corrected chi connectivity index (χ0v) is 17.9. The minimum absolute atomic E-state index is 0.751. The van der Waals surface area contributed by atoms with Gasteiger partial charge in [0.2, 0.25) is 0 Å². The van der Waals surface area contributed by atoms with E-state index in [4.69, 9.17) is 0 Å². The molecule has 0 heterocycles. The molecular weight excluding hydrogens is 308 g/mol. The van der Waals surface area contributed by atoms with Crippen molar-refractivity contribution in [1.29, 1.82) is 0 Å². The van der Waals surface area contributed by atoms with Gasteiger partial charge in [-0.3, -0.25) is 0 Å². The van der Waals surface area contributed by atoms with Gasteiger partial charge in [-0.05, 0) is 91.7 Å². The molecule has 0 radical (unpaired) electrons. The van der Waals surface area contributed by atoms with Crippen LogP contribution in [0.1, 0.15) is 98.8 Å². The van der Waals surface area contributed by atoms with Gasteiger partial charge in [-0.1, -0.05) is 53.2 Å². The molecule has 0 amide bonds. The lowest BCUT2D eigenvalue weighted by molar-refractivity contribution is 0.279. The molecular formula is C23H42S. The molecule has 1 heteroatoms. The van der Waals surface area contributed by atoms with E-state index in [1.54, 1.807) is 4.86 Å². The molecule has 140 valence electrons. The maximum absolute atomic E-state index is 4.28. The van der Waals surface area contributed by atoms with Crippen molar-refractivity contribution in [2.45, 2.75) is 98.8 Å². The zero-order valence-electron chi connectivity index (χ0n) is 17.1. The molecule has 4 atom stereocenters. The molecule has 0 aromatic carbocycles. The largest absolute Gasteiger partial charge is 0.158 e. The maximum atomic E-state index is 4.28. The number of hydrogen-bond acceptors (Lipinski definition) is 0. The quantitative estimate of drug-likeness (QED) is 0.264. The molecule has 1 rings (SSSR count). The van der Waals surface area contributed by atoms with E-state index in [9.17, 15) is 0 Å². The van der Waals surface area contributed by atoms with Crippen molar-refractivity contribution in [3.63, 3.8) is 0 Å². The van der Waals surface area contributed by atoms with Crippen LogP contribution in [0.2, 0.25) is 0 Å². The van der Waals surface area contributed by atoms with Crippen LogP contribution in [-0.2, 0) is 0 Å². The van der Waals surface area contributed by atoms with Gasteiger partial charge >= 0.3 is 0 Å². The van der Waals surface area contributed by atoms with Gasteiger partial charge in [-0.15, -0.1) is 0 Å². The molecule has 1 fully saturated rings. The fourth-order valence-electron chi connectivity index (χ4n) is 3.99. The van der Waals surface area contributed by atoms with Crippen LogP contribution in [0, 0.1) is 23.7 Å². The summed E-state index contributed by atoms with van der Waals surface area (Å²) in [6, 6.07) is 0. The highest BCUT2D eigenvalue weighted by molar-refractivity contribution is 7.97. The van der Waals surface area contributed by atoms with Crippen LogP contribution in [0.5, 0.6) is 0 Å². The summed E-state index contributed by atoms with van der Waals surface area (Å²) in [7, 11) is 2.05. The van der Waals surface area contributed by atoms with Crippen LogP contribution in [0.4, 0.5) is 0 Å². The monoisotopic (exact) mass is 350 g/mol. The zero-order chi connectivity index (χ0) is 17.9. The van der Waals surface area contributed by atoms with Crippen LogP contribution >= 0.6 is 10.9 Å². The molecule has 0 aliphatic heterocycles. The van der Waals surface area contributed by atoms with Crippen LogP contribution in [0.25, 0.3) is 0 Å². The molecule has 0 aromatic rings. The van der Waals surface area contributed by atoms with E-state index < -0.39 is 0 Å². The molecule has 24 heavy (non-hydrogen) atoms.